The number of rotatable bonds is 5. The molecule has 1 aromatic carbocycles. The van der Waals surface area contributed by atoms with Gasteiger partial charge in [-0.2, -0.15) is 0 Å². The number of carboxylic acid groups (broad SMARTS) is 1. The van der Waals surface area contributed by atoms with Gasteiger partial charge in [0, 0.05) is 26.6 Å². The molecule has 9 heteroatoms. The topological polar surface area (TPSA) is 109 Å². The number of carbonyl (C=O) groups excluding carboxylic acids is 2. The van der Waals surface area contributed by atoms with E-state index in [2.05, 4.69) is 5.32 Å². The van der Waals surface area contributed by atoms with E-state index in [1.807, 2.05) is 0 Å². The predicted molar refractivity (Wildman–Crippen MR) is 110 cm³/mol. The van der Waals surface area contributed by atoms with Gasteiger partial charge in [-0.3, -0.25) is 14.4 Å². The first kappa shape index (κ1) is 20.6. The molecule has 0 aliphatic heterocycles. The zero-order valence-electron chi connectivity index (χ0n) is 14.7. The van der Waals surface area contributed by atoms with Crippen LogP contribution in [0.15, 0.2) is 23.6 Å². The van der Waals surface area contributed by atoms with Gasteiger partial charge in [-0.25, -0.2) is 0 Å². The van der Waals surface area contributed by atoms with E-state index >= 15 is 0 Å². The lowest BCUT2D eigenvalue weighted by molar-refractivity contribution is -0.147. The first-order valence-corrected chi connectivity index (χ1v) is 10.3. The molecule has 1 aliphatic rings. The number of anilines is 1. The van der Waals surface area contributed by atoms with E-state index in [1.165, 1.54) is 0 Å². The van der Waals surface area contributed by atoms with E-state index in [-0.39, 0.29) is 10.6 Å². The summed E-state index contributed by atoms with van der Waals surface area (Å²) in [5, 5.41) is 14.9. The Hall–Kier alpha value is -2.09. The molecule has 1 fully saturated rings. The van der Waals surface area contributed by atoms with Crippen LogP contribution >= 0.6 is 34.5 Å². The van der Waals surface area contributed by atoms with Crippen LogP contribution in [0.4, 0.5) is 5.00 Å². The summed E-state index contributed by atoms with van der Waals surface area (Å²) in [7, 11) is 0. The third kappa shape index (κ3) is 4.16. The summed E-state index contributed by atoms with van der Waals surface area (Å²) < 4.78 is 0. The number of carboxylic acids is 1. The Labute approximate surface area is 175 Å². The maximum atomic E-state index is 12.8. The maximum Gasteiger partial charge on any atom is 0.307 e. The summed E-state index contributed by atoms with van der Waals surface area (Å²) >= 11 is 13.3. The number of carbonyl (C=O) groups is 3. The molecule has 1 aromatic heterocycles. The van der Waals surface area contributed by atoms with Crippen LogP contribution in [0.1, 0.15) is 36.0 Å². The highest BCUT2D eigenvalue weighted by Crippen LogP contribution is 2.40. The molecule has 148 valence electrons. The molecule has 1 heterocycles. The fourth-order valence-corrected chi connectivity index (χ4v) is 5.02. The van der Waals surface area contributed by atoms with Crippen molar-refractivity contribution in [3.05, 3.63) is 39.2 Å². The van der Waals surface area contributed by atoms with Crippen molar-refractivity contribution in [3.8, 4) is 11.1 Å². The first-order valence-electron chi connectivity index (χ1n) is 8.70. The average Bonchev–Trinajstić information content (AvgIpc) is 3.05. The van der Waals surface area contributed by atoms with Gasteiger partial charge in [0.15, 0.2) is 0 Å². The van der Waals surface area contributed by atoms with Crippen molar-refractivity contribution in [1.82, 2.24) is 0 Å². The summed E-state index contributed by atoms with van der Waals surface area (Å²) in [6, 6.07) is 4.87. The van der Waals surface area contributed by atoms with Crippen molar-refractivity contribution < 1.29 is 19.5 Å². The number of thiophene rings is 1. The minimum absolute atomic E-state index is 0.144. The van der Waals surface area contributed by atoms with Gasteiger partial charge in [0.2, 0.25) is 5.91 Å². The maximum absolute atomic E-state index is 12.8. The molecule has 3 rings (SSSR count). The van der Waals surface area contributed by atoms with Crippen molar-refractivity contribution in [1.29, 1.82) is 0 Å². The molecule has 2 atom stereocenters. The molecule has 1 aliphatic carbocycles. The average molecular weight is 441 g/mol. The summed E-state index contributed by atoms with van der Waals surface area (Å²) in [5.41, 5.74) is 6.76. The van der Waals surface area contributed by atoms with Gasteiger partial charge in [-0.1, -0.05) is 42.1 Å². The van der Waals surface area contributed by atoms with Crippen LogP contribution in [0.5, 0.6) is 0 Å². The number of benzene rings is 1. The number of nitrogens with one attached hydrogen (secondary N) is 1. The van der Waals surface area contributed by atoms with Gasteiger partial charge in [0.25, 0.3) is 5.91 Å². The van der Waals surface area contributed by atoms with E-state index in [0.717, 1.165) is 24.2 Å². The molecule has 0 spiro atoms. The standard InChI is InChI=1S/C19H18Cl2N2O4S/c20-9-5-6-10(14(21)7-9)13-8-28-18(15(13)16(22)24)23-17(25)11-3-1-2-4-12(11)19(26)27/h5-8,11-12H,1-4H2,(H2,22,24)(H,23,25)(H,26,27). The Morgan fingerprint density at radius 3 is 2.39 bits per heavy atom. The molecule has 28 heavy (non-hydrogen) atoms. The van der Waals surface area contributed by atoms with Crippen LogP contribution in [0.25, 0.3) is 11.1 Å². The van der Waals surface area contributed by atoms with Crippen molar-refractivity contribution in [2.24, 2.45) is 17.6 Å². The van der Waals surface area contributed by atoms with E-state index in [9.17, 15) is 19.5 Å². The Bertz CT molecular complexity index is 944. The molecular formula is C19H18Cl2N2O4S. The number of aliphatic carboxylic acids is 1. The van der Waals surface area contributed by atoms with Crippen LogP contribution in [-0.4, -0.2) is 22.9 Å². The quantitative estimate of drug-likeness (QED) is 0.627. The molecule has 0 radical (unpaired) electrons. The van der Waals surface area contributed by atoms with Crippen LogP contribution in [0.3, 0.4) is 0 Å². The van der Waals surface area contributed by atoms with Crippen molar-refractivity contribution in [2.45, 2.75) is 25.7 Å². The SMILES string of the molecule is NC(=O)c1c(-c2ccc(Cl)cc2Cl)csc1NC(=O)C1CCCCC1C(=O)O. The van der Waals surface area contributed by atoms with Gasteiger partial charge in [0.1, 0.15) is 5.00 Å². The normalized spacial score (nSPS) is 19.2. The predicted octanol–water partition coefficient (Wildman–Crippen LogP) is 4.65. The summed E-state index contributed by atoms with van der Waals surface area (Å²) in [5.74, 6) is -3.47. The number of primary amides is 1. The zero-order valence-corrected chi connectivity index (χ0v) is 17.0. The third-order valence-corrected chi connectivity index (χ3v) is 6.36. The van der Waals surface area contributed by atoms with Crippen molar-refractivity contribution >= 4 is 57.3 Å². The van der Waals surface area contributed by atoms with Gasteiger partial charge in [-0.15, -0.1) is 11.3 Å². The lowest BCUT2D eigenvalue weighted by atomic mass is 9.78. The van der Waals surface area contributed by atoms with E-state index in [4.69, 9.17) is 28.9 Å². The Morgan fingerprint density at radius 1 is 1.11 bits per heavy atom. The fraction of sp³-hybridized carbons (Fsp3) is 0.316. The second-order valence-corrected chi connectivity index (χ2v) is 8.39. The third-order valence-electron chi connectivity index (χ3n) is 4.92. The molecule has 4 N–H and O–H groups in total. The van der Waals surface area contributed by atoms with Crippen LogP contribution in [0, 0.1) is 11.8 Å². The number of nitrogens with two attached hydrogens (primary N) is 1. The summed E-state index contributed by atoms with van der Waals surface area (Å²) in [4.78, 5) is 36.3. The minimum Gasteiger partial charge on any atom is -0.481 e. The van der Waals surface area contributed by atoms with Gasteiger partial charge in [-0.05, 0) is 25.0 Å². The van der Waals surface area contributed by atoms with Gasteiger partial charge < -0.3 is 16.2 Å². The summed E-state index contributed by atoms with van der Waals surface area (Å²) in [6.07, 6.45) is 2.54. The first-order chi connectivity index (χ1) is 13.3. The summed E-state index contributed by atoms with van der Waals surface area (Å²) in [6.45, 7) is 0. The highest BCUT2D eigenvalue weighted by molar-refractivity contribution is 7.15. The highest BCUT2D eigenvalue weighted by Gasteiger charge is 2.36. The zero-order chi connectivity index (χ0) is 20.4. The second-order valence-electron chi connectivity index (χ2n) is 6.67. The molecule has 2 aromatic rings. The lowest BCUT2D eigenvalue weighted by Gasteiger charge is -2.27. The molecule has 2 amide bonds. The number of hydrogen-bond acceptors (Lipinski definition) is 4. The van der Waals surface area contributed by atoms with E-state index in [0.29, 0.717) is 34.0 Å². The largest absolute Gasteiger partial charge is 0.481 e. The Kier molecular flexibility index (Phi) is 6.27. The molecule has 0 bridgehead atoms. The Balaban J connectivity index is 1.92. The molecule has 2 unspecified atom stereocenters. The van der Waals surface area contributed by atoms with Crippen LogP contribution in [0.2, 0.25) is 10.0 Å². The Morgan fingerprint density at radius 2 is 1.79 bits per heavy atom. The van der Waals surface area contributed by atoms with Gasteiger partial charge >= 0.3 is 5.97 Å². The number of halogens is 2. The second kappa shape index (κ2) is 8.51. The molecule has 0 saturated heterocycles. The minimum atomic E-state index is -0.977. The van der Waals surface area contributed by atoms with E-state index in [1.54, 1.807) is 23.6 Å². The number of hydrogen-bond donors (Lipinski definition) is 3. The molecular weight excluding hydrogens is 423 g/mol. The monoisotopic (exact) mass is 440 g/mol. The molecule has 1 saturated carbocycles. The molecule has 6 nitrogen and oxygen atoms in total. The van der Waals surface area contributed by atoms with Crippen molar-refractivity contribution in [2.75, 3.05) is 5.32 Å². The highest BCUT2D eigenvalue weighted by atomic mass is 35.5. The smallest absolute Gasteiger partial charge is 0.307 e. The van der Waals surface area contributed by atoms with E-state index < -0.39 is 29.6 Å². The van der Waals surface area contributed by atoms with Gasteiger partial charge in [0.05, 0.1) is 17.4 Å². The number of amides is 2. The van der Waals surface area contributed by atoms with Crippen LogP contribution in [-0.2, 0) is 9.59 Å². The lowest BCUT2D eigenvalue weighted by Crippen LogP contribution is -2.36. The van der Waals surface area contributed by atoms with Crippen LogP contribution < -0.4 is 11.1 Å². The fourth-order valence-electron chi connectivity index (χ4n) is 3.55. The van der Waals surface area contributed by atoms with Crippen molar-refractivity contribution in [3.63, 3.8) is 0 Å².